The molecule has 2 heterocycles. The summed E-state index contributed by atoms with van der Waals surface area (Å²) in [4.78, 5) is 29.8. The van der Waals surface area contributed by atoms with Crippen LogP contribution in [0.3, 0.4) is 0 Å². The van der Waals surface area contributed by atoms with Crippen LogP contribution in [-0.2, 0) is 5.75 Å². The Hall–Kier alpha value is -2.68. The van der Waals surface area contributed by atoms with E-state index in [0.717, 1.165) is 25.7 Å². The number of hydrogen-bond donors (Lipinski definition) is 2. The topological polar surface area (TPSA) is 126 Å². The zero-order valence-corrected chi connectivity index (χ0v) is 14.9. The van der Waals surface area contributed by atoms with Gasteiger partial charge >= 0.3 is 0 Å². The van der Waals surface area contributed by atoms with Gasteiger partial charge in [0.2, 0.25) is 11.9 Å². The molecule has 1 fully saturated rings. The minimum absolute atomic E-state index is 0.0136. The highest BCUT2D eigenvalue weighted by Crippen LogP contribution is 2.32. The molecule has 1 aromatic carbocycles. The maximum atomic E-state index is 13.1. The Kier molecular flexibility index (Phi) is 4.46. The van der Waals surface area contributed by atoms with Gasteiger partial charge in [0.15, 0.2) is 5.16 Å². The molecule has 1 aliphatic carbocycles. The maximum absolute atomic E-state index is 13.1. The number of nitrogens with zero attached hydrogens (tertiary/aromatic N) is 5. The van der Waals surface area contributed by atoms with Crippen LogP contribution in [0.5, 0.6) is 0 Å². The Bertz CT molecular complexity index is 993. The minimum atomic E-state index is 0.0136. The van der Waals surface area contributed by atoms with Gasteiger partial charge in [-0.05, 0) is 25.0 Å². The molecule has 0 atom stereocenters. The van der Waals surface area contributed by atoms with Crippen molar-refractivity contribution in [3.63, 3.8) is 0 Å². The highest BCUT2D eigenvalue weighted by Gasteiger charge is 2.23. The molecule has 0 bridgehead atoms. The fraction of sp³-hybridized carbons (Fsp3) is 0.353. The van der Waals surface area contributed by atoms with Crippen molar-refractivity contribution in [2.24, 2.45) is 0 Å². The van der Waals surface area contributed by atoms with Gasteiger partial charge in [0.25, 0.3) is 5.56 Å². The van der Waals surface area contributed by atoms with Gasteiger partial charge in [0, 0.05) is 6.04 Å². The Balaban J connectivity index is 1.74. The van der Waals surface area contributed by atoms with E-state index in [1.165, 1.54) is 11.8 Å². The molecule has 4 rings (SSSR count). The van der Waals surface area contributed by atoms with Gasteiger partial charge in [-0.1, -0.05) is 36.7 Å². The van der Waals surface area contributed by atoms with Gasteiger partial charge in [-0.15, -0.1) is 0 Å². The number of benzene rings is 1. The molecule has 1 saturated carbocycles. The van der Waals surface area contributed by atoms with Crippen LogP contribution in [0.2, 0.25) is 0 Å². The molecule has 0 aliphatic heterocycles. The summed E-state index contributed by atoms with van der Waals surface area (Å²) in [6, 6.07) is 7.64. The molecule has 3 aromatic rings. The van der Waals surface area contributed by atoms with E-state index < -0.39 is 0 Å². The number of thioether (sulfide) groups is 1. The average molecular weight is 369 g/mol. The first-order chi connectivity index (χ1) is 12.6. The summed E-state index contributed by atoms with van der Waals surface area (Å²) in [5.41, 5.74) is 12.0. The summed E-state index contributed by atoms with van der Waals surface area (Å²) < 4.78 is 1.84. The lowest BCUT2D eigenvalue weighted by atomic mass is 10.2. The van der Waals surface area contributed by atoms with Crippen molar-refractivity contribution in [1.82, 2.24) is 24.5 Å². The fourth-order valence-electron chi connectivity index (χ4n) is 3.36. The van der Waals surface area contributed by atoms with Crippen molar-refractivity contribution >= 4 is 34.6 Å². The molecule has 0 amide bonds. The standard InChI is InChI=1S/C17H19N7OS/c18-15-21-13(22-16(19)23-15)9-26-17-20-12-8-4-3-7-11(12)14(25)24(17)10-5-1-2-6-10/h3-4,7-8,10H,1-2,5-6,9H2,(H4,18,19,21,22,23). The summed E-state index contributed by atoms with van der Waals surface area (Å²) >= 11 is 1.42. The average Bonchev–Trinajstić information content (AvgIpc) is 3.13. The van der Waals surface area contributed by atoms with E-state index >= 15 is 0 Å². The van der Waals surface area contributed by atoms with Gasteiger partial charge in [-0.25, -0.2) is 4.98 Å². The first-order valence-corrected chi connectivity index (χ1v) is 9.50. The van der Waals surface area contributed by atoms with Crippen molar-refractivity contribution in [3.8, 4) is 0 Å². The lowest BCUT2D eigenvalue weighted by molar-refractivity contribution is 0.457. The molecule has 2 aromatic heterocycles. The summed E-state index contributed by atoms with van der Waals surface area (Å²) in [6.07, 6.45) is 4.27. The lowest BCUT2D eigenvalue weighted by Crippen LogP contribution is -2.26. The number of nitrogens with two attached hydrogens (primary N) is 2. The first-order valence-electron chi connectivity index (χ1n) is 8.52. The van der Waals surface area contributed by atoms with Crippen LogP contribution < -0.4 is 17.0 Å². The second-order valence-corrected chi connectivity index (χ2v) is 7.22. The van der Waals surface area contributed by atoms with Crippen LogP contribution in [0.1, 0.15) is 37.5 Å². The SMILES string of the molecule is Nc1nc(N)nc(CSc2nc3ccccc3c(=O)n2C2CCCC2)n1. The van der Waals surface area contributed by atoms with Crippen LogP contribution in [0.15, 0.2) is 34.2 Å². The lowest BCUT2D eigenvalue weighted by Gasteiger charge is -2.18. The fourth-order valence-corrected chi connectivity index (χ4v) is 4.28. The largest absolute Gasteiger partial charge is 0.368 e. The van der Waals surface area contributed by atoms with Crippen LogP contribution in [0.4, 0.5) is 11.9 Å². The highest BCUT2D eigenvalue weighted by molar-refractivity contribution is 7.98. The Labute approximate surface area is 154 Å². The van der Waals surface area contributed by atoms with Crippen molar-refractivity contribution in [1.29, 1.82) is 0 Å². The number of aromatic nitrogens is 5. The number of para-hydroxylation sites is 1. The van der Waals surface area contributed by atoms with E-state index in [2.05, 4.69) is 15.0 Å². The van der Waals surface area contributed by atoms with E-state index in [1.54, 1.807) is 0 Å². The van der Waals surface area contributed by atoms with Gasteiger partial charge in [0.1, 0.15) is 5.82 Å². The molecule has 0 unspecified atom stereocenters. The molecule has 9 heteroatoms. The van der Waals surface area contributed by atoms with Crippen molar-refractivity contribution in [3.05, 3.63) is 40.4 Å². The van der Waals surface area contributed by atoms with E-state index in [9.17, 15) is 4.79 Å². The third-order valence-electron chi connectivity index (χ3n) is 4.51. The van der Waals surface area contributed by atoms with Crippen LogP contribution >= 0.6 is 11.8 Å². The van der Waals surface area contributed by atoms with Gasteiger partial charge < -0.3 is 11.5 Å². The zero-order chi connectivity index (χ0) is 18.1. The first kappa shape index (κ1) is 16.8. The van der Waals surface area contributed by atoms with E-state index in [4.69, 9.17) is 16.5 Å². The molecule has 4 N–H and O–H groups in total. The van der Waals surface area contributed by atoms with Crippen LogP contribution in [0.25, 0.3) is 10.9 Å². The van der Waals surface area contributed by atoms with E-state index in [-0.39, 0.29) is 23.5 Å². The monoisotopic (exact) mass is 369 g/mol. The molecule has 0 radical (unpaired) electrons. The summed E-state index contributed by atoms with van der Waals surface area (Å²) in [7, 11) is 0. The zero-order valence-electron chi connectivity index (χ0n) is 14.1. The molecule has 8 nitrogen and oxygen atoms in total. The minimum Gasteiger partial charge on any atom is -0.368 e. The number of fused-ring (bicyclic) bond motifs is 1. The number of nitrogen functional groups attached to an aromatic ring is 2. The maximum Gasteiger partial charge on any atom is 0.262 e. The molecule has 134 valence electrons. The van der Waals surface area contributed by atoms with Gasteiger partial charge in [0.05, 0.1) is 16.7 Å². The number of hydrogen-bond acceptors (Lipinski definition) is 8. The van der Waals surface area contributed by atoms with Crippen LogP contribution in [-0.4, -0.2) is 24.5 Å². The molecule has 0 saturated heterocycles. The smallest absolute Gasteiger partial charge is 0.262 e. The van der Waals surface area contributed by atoms with E-state index in [1.807, 2.05) is 28.8 Å². The van der Waals surface area contributed by atoms with E-state index in [0.29, 0.717) is 27.6 Å². The van der Waals surface area contributed by atoms with Crippen molar-refractivity contribution < 1.29 is 0 Å². The predicted octanol–water partition coefficient (Wildman–Crippen LogP) is 2.15. The second-order valence-electron chi connectivity index (χ2n) is 6.28. The normalized spacial score (nSPS) is 14.9. The van der Waals surface area contributed by atoms with Gasteiger partial charge in [-0.2, -0.15) is 15.0 Å². The molecular formula is C17H19N7OS. The summed E-state index contributed by atoms with van der Waals surface area (Å²) in [5, 5.41) is 1.33. The molecule has 26 heavy (non-hydrogen) atoms. The van der Waals surface area contributed by atoms with Gasteiger partial charge in [-0.3, -0.25) is 9.36 Å². The number of anilines is 2. The van der Waals surface area contributed by atoms with Crippen LogP contribution in [0, 0.1) is 0 Å². The predicted molar refractivity (Wildman–Crippen MR) is 102 cm³/mol. The quantitative estimate of drug-likeness (QED) is 0.529. The molecule has 0 spiro atoms. The van der Waals surface area contributed by atoms with Crippen molar-refractivity contribution in [2.75, 3.05) is 11.5 Å². The Morgan fingerprint density at radius 3 is 2.46 bits per heavy atom. The number of rotatable bonds is 4. The molecular weight excluding hydrogens is 350 g/mol. The Morgan fingerprint density at radius 2 is 1.73 bits per heavy atom. The summed E-state index contributed by atoms with van der Waals surface area (Å²) in [5.74, 6) is 1.06. The highest BCUT2D eigenvalue weighted by atomic mass is 32.2. The summed E-state index contributed by atoms with van der Waals surface area (Å²) in [6.45, 7) is 0. The molecule has 1 aliphatic rings. The second kappa shape index (κ2) is 6.91. The Morgan fingerprint density at radius 1 is 1.04 bits per heavy atom. The van der Waals surface area contributed by atoms with Crippen molar-refractivity contribution in [2.45, 2.75) is 42.6 Å². The third kappa shape index (κ3) is 3.22. The third-order valence-corrected chi connectivity index (χ3v) is 5.46.